The number of rotatable bonds is 3. The summed E-state index contributed by atoms with van der Waals surface area (Å²) < 4.78 is 0. The van der Waals surface area contributed by atoms with E-state index in [1.807, 2.05) is 4.90 Å². The predicted octanol–water partition coefficient (Wildman–Crippen LogP) is 1.26. The molecule has 1 atom stereocenters. The number of fused-ring (bicyclic) bond motifs is 1. The Morgan fingerprint density at radius 2 is 2.04 bits per heavy atom. The van der Waals surface area contributed by atoms with E-state index in [1.54, 1.807) is 18.3 Å². The van der Waals surface area contributed by atoms with Crippen molar-refractivity contribution in [3.05, 3.63) is 46.1 Å². The number of nitro benzene ring substituents is 1. The lowest BCUT2D eigenvalue weighted by atomic mass is 10.1. The predicted molar refractivity (Wildman–Crippen MR) is 97.1 cm³/mol. The molecule has 2 aliphatic rings. The van der Waals surface area contributed by atoms with Crippen LogP contribution in [0.3, 0.4) is 0 Å². The number of nitrogens with zero attached hydrogens (tertiary/aromatic N) is 4. The van der Waals surface area contributed by atoms with E-state index < -0.39 is 4.92 Å². The van der Waals surface area contributed by atoms with Crippen LogP contribution in [0.1, 0.15) is 16.8 Å². The summed E-state index contributed by atoms with van der Waals surface area (Å²) in [5, 5.41) is 15.0. The van der Waals surface area contributed by atoms with Crippen LogP contribution >= 0.6 is 0 Å². The highest BCUT2D eigenvalue weighted by atomic mass is 16.6. The summed E-state index contributed by atoms with van der Waals surface area (Å²) in [7, 11) is 0. The highest BCUT2D eigenvalue weighted by Gasteiger charge is 2.32. The Bertz CT molecular complexity index is 850. The normalized spacial score (nSPS) is 21.2. The average Bonchev–Trinajstić information content (AvgIpc) is 3.17. The molecule has 2 fully saturated rings. The van der Waals surface area contributed by atoms with Crippen LogP contribution in [0.25, 0.3) is 10.9 Å². The Labute approximate surface area is 150 Å². The Morgan fingerprint density at radius 1 is 1.23 bits per heavy atom. The van der Waals surface area contributed by atoms with Crippen LogP contribution in [0.2, 0.25) is 0 Å². The fourth-order valence-electron chi connectivity index (χ4n) is 3.93. The van der Waals surface area contributed by atoms with E-state index in [0.717, 1.165) is 32.6 Å². The molecule has 1 unspecified atom stereocenters. The smallest absolute Gasteiger partial charge is 0.278 e. The van der Waals surface area contributed by atoms with E-state index in [4.69, 9.17) is 0 Å². The van der Waals surface area contributed by atoms with Crippen LogP contribution in [0.15, 0.2) is 30.5 Å². The maximum Gasteiger partial charge on any atom is 0.278 e. The number of hydrogen-bond acceptors (Lipinski definition) is 6. The number of amides is 1. The van der Waals surface area contributed by atoms with Gasteiger partial charge in [-0.1, -0.05) is 0 Å². The molecule has 2 aliphatic heterocycles. The van der Waals surface area contributed by atoms with Crippen molar-refractivity contribution >= 4 is 22.5 Å². The van der Waals surface area contributed by atoms with Crippen molar-refractivity contribution < 1.29 is 9.72 Å². The Kier molecular flexibility index (Phi) is 4.52. The van der Waals surface area contributed by atoms with Crippen molar-refractivity contribution in [3.63, 3.8) is 0 Å². The fourth-order valence-corrected chi connectivity index (χ4v) is 3.93. The second-order valence-electron chi connectivity index (χ2n) is 6.77. The molecule has 0 spiro atoms. The van der Waals surface area contributed by atoms with Gasteiger partial charge in [0.15, 0.2) is 0 Å². The third-order valence-electron chi connectivity index (χ3n) is 5.29. The molecule has 2 saturated heterocycles. The molecule has 136 valence electrons. The maximum absolute atomic E-state index is 13.1. The molecule has 4 rings (SSSR count). The van der Waals surface area contributed by atoms with Crippen molar-refractivity contribution in [1.29, 1.82) is 0 Å². The van der Waals surface area contributed by atoms with Gasteiger partial charge < -0.3 is 10.2 Å². The molecule has 2 aromatic rings. The number of benzene rings is 1. The van der Waals surface area contributed by atoms with Gasteiger partial charge in [0.1, 0.15) is 0 Å². The van der Waals surface area contributed by atoms with Gasteiger partial charge in [0.25, 0.3) is 11.6 Å². The first-order valence-corrected chi connectivity index (χ1v) is 8.91. The summed E-state index contributed by atoms with van der Waals surface area (Å²) in [6, 6.07) is 6.62. The maximum atomic E-state index is 13.1. The lowest BCUT2D eigenvalue weighted by Gasteiger charge is -2.32. The van der Waals surface area contributed by atoms with Crippen LogP contribution < -0.4 is 5.32 Å². The Hall–Kier alpha value is -2.58. The SMILES string of the molecule is O=C(c1ccc([N+](=O)[O-])c2cccnc12)N1CCC(N2CCNCC2)C1. The molecule has 1 N–H and O–H groups in total. The number of pyridine rings is 1. The highest BCUT2D eigenvalue weighted by Crippen LogP contribution is 2.28. The van der Waals surface area contributed by atoms with Gasteiger partial charge in [-0.15, -0.1) is 0 Å². The van der Waals surface area contributed by atoms with Gasteiger partial charge >= 0.3 is 0 Å². The van der Waals surface area contributed by atoms with Crippen LogP contribution in [-0.4, -0.2) is 70.9 Å². The third kappa shape index (κ3) is 3.02. The molecular weight excluding hydrogens is 334 g/mol. The number of aromatic nitrogens is 1. The number of nitro groups is 1. The highest BCUT2D eigenvalue weighted by molar-refractivity contribution is 6.07. The van der Waals surface area contributed by atoms with E-state index in [2.05, 4.69) is 15.2 Å². The number of non-ortho nitro benzene ring substituents is 1. The molecule has 3 heterocycles. The molecule has 0 radical (unpaired) electrons. The summed E-state index contributed by atoms with van der Waals surface area (Å²) in [6.45, 7) is 5.40. The first-order valence-electron chi connectivity index (χ1n) is 8.91. The summed E-state index contributed by atoms with van der Waals surface area (Å²) in [5.41, 5.74) is 0.814. The number of piperazine rings is 1. The first kappa shape index (κ1) is 16.9. The summed E-state index contributed by atoms with van der Waals surface area (Å²) in [5.74, 6) is -0.0961. The van der Waals surface area contributed by atoms with Crippen LogP contribution in [-0.2, 0) is 0 Å². The summed E-state index contributed by atoms with van der Waals surface area (Å²) in [6.07, 6.45) is 2.53. The standard InChI is InChI=1S/C18H21N5O3/c24-18(22-9-5-13(12-22)21-10-7-19-8-11-21)15-3-4-16(23(25)26)14-2-1-6-20-17(14)15/h1-4,6,13,19H,5,7-12H2. The number of hydrogen-bond donors (Lipinski definition) is 1. The summed E-state index contributed by atoms with van der Waals surface area (Å²) >= 11 is 0. The van der Waals surface area contributed by atoms with E-state index in [-0.39, 0.29) is 11.6 Å². The fraction of sp³-hybridized carbons (Fsp3) is 0.444. The van der Waals surface area contributed by atoms with Crippen molar-refractivity contribution in [2.75, 3.05) is 39.3 Å². The molecule has 1 aromatic carbocycles. The molecule has 1 aromatic heterocycles. The molecular formula is C18H21N5O3. The van der Waals surface area contributed by atoms with Crippen LogP contribution in [0.5, 0.6) is 0 Å². The lowest BCUT2D eigenvalue weighted by molar-refractivity contribution is -0.383. The van der Waals surface area contributed by atoms with Crippen molar-refractivity contribution in [2.24, 2.45) is 0 Å². The minimum atomic E-state index is -0.436. The summed E-state index contributed by atoms with van der Waals surface area (Å²) in [4.78, 5) is 32.4. The molecule has 8 heteroatoms. The topological polar surface area (TPSA) is 91.6 Å². The second-order valence-corrected chi connectivity index (χ2v) is 6.77. The van der Waals surface area contributed by atoms with Gasteiger partial charge in [-0.25, -0.2) is 0 Å². The molecule has 1 amide bonds. The van der Waals surface area contributed by atoms with Crippen molar-refractivity contribution in [1.82, 2.24) is 20.1 Å². The number of carbonyl (C=O) groups is 1. The van der Waals surface area contributed by atoms with Gasteiger partial charge in [-0.05, 0) is 24.6 Å². The quantitative estimate of drug-likeness (QED) is 0.658. The second kappa shape index (κ2) is 6.97. The van der Waals surface area contributed by atoms with Crippen molar-refractivity contribution in [3.8, 4) is 0 Å². The molecule has 0 saturated carbocycles. The van der Waals surface area contributed by atoms with Gasteiger partial charge in [0, 0.05) is 57.6 Å². The van der Waals surface area contributed by atoms with Gasteiger partial charge in [0.05, 0.1) is 21.4 Å². The number of nitrogens with one attached hydrogen (secondary N) is 1. The Morgan fingerprint density at radius 3 is 2.81 bits per heavy atom. The average molecular weight is 355 g/mol. The minimum Gasteiger partial charge on any atom is -0.337 e. The Balaban J connectivity index is 1.59. The van der Waals surface area contributed by atoms with E-state index in [0.29, 0.717) is 35.6 Å². The number of carbonyl (C=O) groups excluding carboxylic acids is 1. The van der Waals surface area contributed by atoms with Crippen LogP contribution in [0.4, 0.5) is 5.69 Å². The first-order chi connectivity index (χ1) is 12.6. The molecule has 0 bridgehead atoms. The third-order valence-corrected chi connectivity index (χ3v) is 5.29. The van der Waals surface area contributed by atoms with E-state index in [9.17, 15) is 14.9 Å². The van der Waals surface area contributed by atoms with Crippen LogP contribution in [0, 0.1) is 10.1 Å². The zero-order valence-corrected chi connectivity index (χ0v) is 14.4. The lowest BCUT2D eigenvalue weighted by Crippen LogP contribution is -2.49. The van der Waals surface area contributed by atoms with E-state index in [1.165, 1.54) is 12.1 Å². The van der Waals surface area contributed by atoms with Crippen molar-refractivity contribution in [2.45, 2.75) is 12.5 Å². The minimum absolute atomic E-state index is 0.0234. The molecule has 0 aliphatic carbocycles. The zero-order valence-electron chi connectivity index (χ0n) is 14.4. The molecule has 26 heavy (non-hydrogen) atoms. The van der Waals surface area contributed by atoms with Gasteiger partial charge in [-0.2, -0.15) is 0 Å². The van der Waals surface area contributed by atoms with Gasteiger partial charge in [0.2, 0.25) is 0 Å². The zero-order chi connectivity index (χ0) is 18.1. The largest absolute Gasteiger partial charge is 0.337 e. The van der Waals surface area contributed by atoms with Gasteiger partial charge in [-0.3, -0.25) is 24.8 Å². The molecule has 8 nitrogen and oxygen atoms in total. The van der Waals surface area contributed by atoms with E-state index >= 15 is 0 Å². The monoisotopic (exact) mass is 355 g/mol. The number of likely N-dealkylation sites (tertiary alicyclic amines) is 1.